The molecule has 0 aliphatic carbocycles. The van der Waals surface area contributed by atoms with Crippen molar-refractivity contribution in [3.8, 4) is 0 Å². The van der Waals surface area contributed by atoms with Crippen LogP contribution in [0.1, 0.15) is 11.6 Å². The molecule has 0 saturated carbocycles. The molecule has 7 heteroatoms. The van der Waals surface area contributed by atoms with Crippen LogP contribution in [0.15, 0.2) is 18.2 Å². The quantitative estimate of drug-likeness (QED) is 0.471. The standard InChI is InChI=1S/C9H9FN2O4/c1-16-9(13)8(11)6-4-5(12(14)15)2-3-7(6)10/h2-4,8H,11H2,1H3. The molecule has 6 nitrogen and oxygen atoms in total. The summed E-state index contributed by atoms with van der Waals surface area (Å²) in [4.78, 5) is 20.8. The number of halogens is 1. The van der Waals surface area contributed by atoms with E-state index in [0.29, 0.717) is 0 Å². The maximum atomic E-state index is 13.3. The summed E-state index contributed by atoms with van der Waals surface area (Å²) in [5, 5.41) is 10.5. The Morgan fingerprint density at radius 2 is 2.25 bits per heavy atom. The summed E-state index contributed by atoms with van der Waals surface area (Å²) in [6.45, 7) is 0. The summed E-state index contributed by atoms with van der Waals surface area (Å²) in [6.07, 6.45) is 0. The van der Waals surface area contributed by atoms with Crippen LogP contribution in [0.4, 0.5) is 10.1 Å². The number of non-ortho nitro benzene ring substituents is 1. The number of nitro groups is 1. The molecule has 0 heterocycles. The SMILES string of the molecule is COC(=O)C(N)c1cc([N+](=O)[O-])ccc1F. The first-order valence-electron chi connectivity index (χ1n) is 4.24. The Balaban J connectivity index is 3.16. The number of rotatable bonds is 3. The number of esters is 1. The summed E-state index contributed by atoms with van der Waals surface area (Å²) >= 11 is 0. The Hall–Kier alpha value is -2.02. The van der Waals surface area contributed by atoms with E-state index >= 15 is 0 Å². The van der Waals surface area contributed by atoms with Crippen molar-refractivity contribution in [2.75, 3.05) is 7.11 Å². The summed E-state index contributed by atoms with van der Waals surface area (Å²) in [5.41, 5.74) is 4.78. The van der Waals surface area contributed by atoms with Gasteiger partial charge in [0.2, 0.25) is 0 Å². The zero-order chi connectivity index (χ0) is 12.3. The molecular weight excluding hydrogens is 219 g/mol. The van der Waals surface area contributed by atoms with Gasteiger partial charge in [-0.05, 0) is 6.07 Å². The second-order valence-corrected chi connectivity index (χ2v) is 2.96. The number of nitrogens with two attached hydrogens (primary N) is 1. The number of nitro benzene ring substituents is 1. The molecule has 1 aromatic carbocycles. The minimum absolute atomic E-state index is 0.263. The average molecular weight is 228 g/mol. The predicted octanol–water partition coefficient (Wildman–Crippen LogP) is 0.907. The second-order valence-electron chi connectivity index (χ2n) is 2.96. The first-order valence-corrected chi connectivity index (χ1v) is 4.24. The van der Waals surface area contributed by atoms with Crippen LogP contribution in [0, 0.1) is 15.9 Å². The predicted molar refractivity (Wildman–Crippen MR) is 52.0 cm³/mol. The van der Waals surface area contributed by atoms with Crippen molar-refractivity contribution < 1.29 is 18.8 Å². The molecule has 0 bridgehead atoms. The van der Waals surface area contributed by atoms with Crippen LogP contribution in [0.2, 0.25) is 0 Å². The Kier molecular flexibility index (Phi) is 3.51. The van der Waals surface area contributed by atoms with E-state index in [2.05, 4.69) is 4.74 Å². The molecule has 0 radical (unpaired) electrons. The molecule has 0 aromatic heterocycles. The van der Waals surface area contributed by atoms with Gasteiger partial charge in [0.15, 0.2) is 0 Å². The van der Waals surface area contributed by atoms with Crippen molar-refractivity contribution in [3.05, 3.63) is 39.7 Å². The van der Waals surface area contributed by atoms with Gasteiger partial charge in [-0.1, -0.05) is 0 Å². The van der Waals surface area contributed by atoms with Gasteiger partial charge in [0.1, 0.15) is 11.9 Å². The van der Waals surface area contributed by atoms with Crippen LogP contribution in [0.25, 0.3) is 0 Å². The molecule has 86 valence electrons. The van der Waals surface area contributed by atoms with E-state index in [9.17, 15) is 19.3 Å². The molecule has 1 rings (SSSR count). The van der Waals surface area contributed by atoms with Crippen molar-refractivity contribution in [1.82, 2.24) is 0 Å². The summed E-state index contributed by atoms with van der Waals surface area (Å²) < 4.78 is 17.6. The van der Waals surface area contributed by atoms with Crippen molar-refractivity contribution in [2.24, 2.45) is 5.73 Å². The van der Waals surface area contributed by atoms with Crippen molar-refractivity contribution in [1.29, 1.82) is 0 Å². The molecule has 1 aromatic rings. The van der Waals surface area contributed by atoms with Gasteiger partial charge in [0, 0.05) is 17.7 Å². The maximum absolute atomic E-state index is 13.3. The average Bonchev–Trinajstić information content (AvgIpc) is 2.27. The number of hydrogen-bond donors (Lipinski definition) is 1. The van der Waals surface area contributed by atoms with Gasteiger partial charge in [0.05, 0.1) is 12.0 Å². The molecule has 1 unspecified atom stereocenters. The minimum Gasteiger partial charge on any atom is -0.468 e. The van der Waals surface area contributed by atoms with Crippen LogP contribution in [0.5, 0.6) is 0 Å². The summed E-state index contributed by atoms with van der Waals surface area (Å²) in [6, 6.07) is 1.42. The molecule has 2 N–H and O–H groups in total. The largest absolute Gasteiger partial charge is 0.468 e. The maximum Gasteiger partial charge on any atom is 0.327 e. The lowest BCUT2D eigenvalue weighted by molar-refractivity contribution is -0.385. The molecule has 0 spiro atoms. The highest BCUT2D eigenvalue weighted by molar-refractivity contribution is 5.77. The highest BCUT2D eigenvalue weighted by atomic mass is 19.1. The minimum atomic E-state index is -1.37. The van der Waals surface area contributed by atoms with Crippen molar-refractivity contribution in [2.45, 2.75) is 6.04 Å². The number of methoxy groups -OCH3 is 1. The molecule has 1 atom stereocenters. The van der Waals surface area contributed by atoms with E-state index in [1.54, 1.807) is 0 Å². The Labute approximate surface area is 90.0 Å². The van der Waals surface area contributed by atoms with Gasteiger partial charge >= 0.3 is 5.97 Å². The third-order valence-corrected chi connectivity index (χ3v) is 1.98. The number of benzene rings is 1. The third kappa shape index (κ3) is 2.31. The van der Waals surface area contributed by atoms with Crippen LogP contribution in [-0.2, 0) is 9.53 Å². The molecule has 0 aliphatic rings. The summed E-state index contributed by atoms with van der Waals surface area (Å²) in [7, 11) is 1.09. The molecule has 0 saturated heterocycles. The molecular formula is C9H9FN2O4. The Morgan fingerprint density at radius 3 is 2.75 bits per heavy atom. The zero-order valence-corrected chi connectivity index (χ0v) is 8.34. The second kappa shape index (κ2) is 4.67. The first-order chi connectivity index (χ1) is 7.47. The smallest absolute Gasteiger partial charge is 0.327 e. The molecule has 0 fully saturated rings. The van der Waals surface area contributed by atoms with Crippen LogP contribution >= 0.6 is 0 Å². The lowest BCUT2D eigenvalue weighted by Gasteiger charge is -2.09. The van der Waals surface area contributed by atoms with Gasteiger partial charge in [-0.15, -0.1) is 0 Å². The van der Waals surface area contributed by atoms with Gasteiger partial charge in [0.25, 0.3) is 5.69 Å². The molecule has 0 amide bonds. The van der Waals surface area contributed by atoms with Gasteiger partial charge in [-0.3, -0.25) is 14.9 Å². The van der Waals surface area contributed by atoms with Crippen LogP contribution in [-0.4, -0.2) is 18.0 Å². The van der Waals surface area contributed by atoms with Gasteiger partial charge in [-0.25, -0.2) is 4.39 Å². The lowest BCUT2D eigenvalue weighted by Crippen LogP contribution is -2.23. The van der Waals surface area contributed by atoms with Gasteiger partial charge < -0.3 is 10.5 Å². The number of carbonyl (C=O) groups is 1. The monoisotopic (exact) mass is 228 g/mol. The topological polar surface area (TPSA) is 95.5 Å². The number of hydrogen-bond acceptors (Lipinski definition) is 5. The fourth-order valence-corrected chi connectivity index (χ4v) is 1.14. The van der Waals surface area contributed by atoms with E-state index in [4.69, 9.17) is 5.73 Å². The zero-order valence-electron chi connectivity index (χ0n) is 8.34. The summed E-state index contributed by atoms with van der Waals surface area (Å²) in [5.74, 6) is -1.65. The fourth-order valence-electron chi connectivity index (χ4n) is 1.14. The molecule has 0 aliphatic heterocycles. The number of carbonyl (C=O) groups excluding carboxylic acids is 1. The van der Waals surface area contributed by atoms with E-state index in [1.165, 1.54) is 0 Å². The normalized spacial score (nSPS) is 11.9. The van der Waals surface area contributed by atoms with E-state index in [-0.39, 0.29) is 11.3 Å². The molecule has 16 heavy (non-hydrogen) atoms. The van der Waals surface area contributed by atoms with E-state index in [1.807, 2.05) is 0 Å². The van der Waals surface area contributed by atoms with Gasteiger partial charge in [-0.2, -0.15) is 0 Å². The van der Waals surface area contributed by atoms with Crippen LogP contribution in [0.3, 0.4) is 0 Å². The number of nitrogens with zero attached hydrogens (tertiary/aromatic N) is 1. The Bertz CT molecular complexity index is 436. The third-order valence-electron chi connectivity index (χ3n) is 1.98. The Morgan fingerprint density at radius 1 is 1.62 bits per heavy atom. The number of ether oxygens (including phenoxy) is 1. The fraction of sp³-hybridized carbons (Fsp3) is 0.222. The van der Waals surface area contributed by atoms with Crippen LogP contribution < -0.4 is 5.73 Å². The van der Waals surface area contributed by atoms with E-state index < -0.39 is 22.8 Å². The highest BCUT2D eigenvalue weighted by Gasteiger charge is 2.22. The van der Waals surface area contributed by atoms with Crippen molar-refractivity contribution >= 4 is 11.7 Å². The first kappa shape index (κ1) is 12.1. The highest BCUT2D eigenvalue weighted by Crippen LogP contribution is 2.21. The van der Waals surface area contributed by atoms with E-state index in [0.717, 1.165) is 25.3 Å². The van der Waals surface area contributed by atoms with Crippen molar-refractivity contribution in [3.63, 3.8) is 0 Å². The lowest BCUT2D eigenvalue weighted by atomic mass is 10.1.